The van der Waals surface area contributed by atoms with E-state index in [-0.39, 0.29) is 26.7 Å². The van der Waals surface area contributed by atoms with Crippen LogP contribution in [0.2, 0.25) is 0 Å². The molecule has 0 N–H and O–H groups in total. The molecule has 0 radical (unpaired) electrons. The van der Waals surface area contributed by atoms with Crippen molar-refractivity contribution >= 4 is 0 Å². The van der Waals surface area contributed by atoms with E-state index in [0.29, 0.717) is 6.61 Å². The number of epoxide rings is 1. The Morgan fingerprint density at radius 1 is 1.47 bits per heavy atom. The molecular weight excluding hydrogens is 360 g/mol. The minimum Gasteiger partial charge on any atom is -0.516 e. The summed E-state index contributed by atoms with van der Waals surface area (Å²) in [7, 11) is 0. The first-order valence-electron chi connectivity index (χ1n) is 4.85. The van der Waals surface area contributed by atoms with Crippen LogP contribution in [0, 0.1) is 19.9 Å². The summed E-state index contributed by atoms with van der Waals surface area (Å²) in [5, 5.41) is 0. The quantitative estimate of drug-likeness (QED) is 0.598. The van der Waals surface area contributed by atoms with Gasteiger partial charge < -0.3 is 9.47 Å². The fourth-order valence-corrected chi connectivity index (χ4v) is 1.17. The van der Waals surface area contributed by atoms with Crippen molar-refractivity contribution in [3.8, 4) is 5.75 Å². The van der Waals surface area contributed by atoms with Crippen molar-refractivity contribution in [2.75, 3.05) is 13.2 Å². The largest absolute Gasteiger partial charge is 0.516 e. The van der Waals surface area contributed by atoms with Crippen molar-refractivity contribution in [1.29, 1.82) is 0 Å². The van der Waals surface area contributed by atoms with E-state index in [2.05, 4.69) is 19.9 Å². The topological polar surface area (TPSA) is 21.8 Å². The van der Waals surface area contributed by atoms with E-state index in [1.165, 1.54) is 11.1 Å². The third-order valence-electron chi connectivity index (χ3n) is 2.57. The molecule has 15 heavy (non-hydrogen) atoms. The third kappa shape index (κ3) is 3.32. The zero-order chi connectivity index (χ0) is 10.2. The average Bonchev–Trinajstić information content (AvgIpc) is 2.87. The maximum absolute atomic E-state index is 5.59. The second kappa shape index (κ2) is 4.67. The molecule has 1 atom stereocenters. The molecular formula is C12H15O2W-. The van der Waals surface area contributed by atoms with Crippen LogP contribution in [-0.2, 0) is 25.8 Å². The van der Waals surface area contributed by atoms with Crippen molar-refractivity contribution in [3.05, 3.63) is 29.3 Å². The molecule has 0 aliphatic carbocycles. The van der Waals surface area contributed by atoms with Gasteiger partial charge in [-0.2, -0.15) is 17.2 Å². The minimum atomic E-state index is -0.0490. The average molecular weight is 375 g/mol. The molecule has 0 spiro atoms. The van der Waals surface area contributed by atoms with Crippen molar-refractivity contribution < 1.29 is 30.5 Å². The Hall–Kier alpha value is -0.332. The Balaban J connectivity index is 0.00000112. The molecule has 1 unspecified atom stereocenters. The third-order valence-corrected chi connectivity index (χ3v) is 2.57. The molecule has 0 aromatic heterocycles. The van der Waals surface area contributed by atoms with Gasteiger partial charge in [0.25, 0.3) is 0 Å². The van der Waals surface area contributed by atoms with Gasteiger partial charge in [-0.1, -0.05) is 13.8 Å². The van der Waals surface area contributed by atoms with Crippen molar-refractivity contribution in [3.63, 3.8) is 0 Å². The Kier molecular flexibility index (Phi) is 3.97. The minimum absolute atomic E-state index is 0. The normalized spacial score (nSPS) is 23.1. The maximum atomic E-state index is 5.59. The van der Waals surface area contributed by atoms with Gasteiger partial charge in [0, 0.05) is 26.8 Å². The molecule has 0 saturated carbocycles. The summed E-state index contributed by atoms with van der Waals surface area (Å²) in [4.78, 5) is 0. The molecule has 1 aliphatic rings. The molecule has 0 bridgehead atoms. The summed E-state index contributed by atoms with van der Waals surface area (Å²) in [5.74, 6) is 0.810. The first-order valence-corrected chi connectivity index (χ1v) is 4.85. The van der Waals surface area contributed by atoms with Crippen LogP contribution in [0.5, 0.6) is 5.75 Å². The number of benzene rings is 1. The molecule has 1 aromatic carbocycles. The van der Waals surface area contributed by atoms with Crippen LogP contribution in [0.1, 0.15) is 18.1 Å². The van der Waals surface area contributed by atoms with Gasteiger partial charge >= 0.3 is 0 Å². The predicted octanol–water partition coefficient (Wildman–Crippen LogP) is 2.27. The summed E-state index contributed by atoms with van der Waals surface area (Å²) in [5.41, 5.74) is 2.43. The number of hydrogen-bond acceptors (Lipinski definition) is 2. The first kappa shape index (κ1) is 12.7. The molecule has 1 aromatic rings. The van der Waals surface area contributed by atoms with E-state index >= 15 is 0 Å². The van der Waals surface area contributed by atoms with Crippen LogP contribution in [0.4, 0.5) is 0 Å². The fourth-order valence-electron chi connectivity index (χ4n) is 1.17. The summed E-state index contributed by atoms with van der Waals surface area (Å²) in [6, 6.07) is 7.07. The SMILES string of the molecule is Cc1c[c-]c(OCC2(C)CO2)cc1C.[W]. The second-order valence-electron chi connectivity index (χ2n) is 4.19. The van der Waals surface area contributed by atoms with Gasteiger partial charge in [-0.3, -0.25) is 0 Å². The van der Waals surface area contributed by atoms with Crippen LogP contribution in [0.15, 0.2) is 12.1 Å². The molecule has 1 aliphatic heterocycles. The fraction of sp³-hybridized carbons (Fsp3) is 0.500. The monoisotopic (exact) mass is 375 g/mol. The van der Waals surface area contributed by atoms with E-state index in [4.69, 9.17) is 9.47 Å². The second-order valence-corrected chi connectivity index (χ2v) is 4.19. The number of hydrogen-bond donors (Lipinski definition) is 0. The number of ether oxygens (including phenoxy) is 2. The van der Waals surface area contributed by atoms with Gasteiger partial charge in [-0.15, -0.1) is 12.1 Å². The van der Waals surface area contributed by atoms with E-state index in [1.54, 1.807) is 0 Å². The maximum Gasteiger partial charge on any atom is 0.122 e. The van der Waals surface area contributed by atoms with Gasteiger partial charge in [0.15, 0.2) is 0 Å². The zero-order valence-corrected chi connectivity index (χ0v) is 12.2. The molecule has 3 heteroatoms. The van der Waals surface area contributed by atoms with Gasteiger partial charge in [0.2, 0.25) is 0 Å². The number of aryl methyl sites for hydroxylation is 2. The molecule has 0 amide bonds. The summed E-state index contributed by atoms with van der Waals surface area (Å²) in [6.07, 6.45) is 0. The van der Waals surface area contributed by atoms with Crippen LogP contribution >= 0.6 is 0 Å². The summed E-state index contributed by atoms with van der Waals surface area (Å²) in [6.45, 7) is 7.62. The van der Waals surface area contributed by atoms with Crippen LogP contribution < -0.4 is 4.74 Å². The van der Waals surface area contributed by atoms with Crippen molar-refractivity contribution in [1.82, 2.24) is 0 Å². The van der Waals surface area contributed by atoms with E-state index < -0.39 is 0 Å². The molecule has 2 rings (SSSR count). The van der Waals surface area contributed by atoms with Gasteiger partial charge in [0.1, 0.15) is 12.2 Å². The molecule has 1 saturated heterocycles. The summed E-state index contributed by atoms with van der Waals surface area (Å²) >= 11 is 0. The molecule has 82 valence electrons. The van der Waals surface area contributed by atoms with E-state index in [0.717, 1.165) is 12.4 Å². The zero-order valence-electron chi connectivity index (χ0n) is 9.29. The summed E-state index contributed by atoms with van der Waals surface area (Å²) < 4.78 is 10.8. The predicted molar refractivity (Wildman–Crippen MR) is 54.6 cm³/mol. The Bertz CT molecular complexity index is 345. The van der Waals surface area contributed by atoms with Crippen LogP contribution in [-0.4, -0.2) is 18.8 Å². The van der Waals surface area contributed by atoms with Crippen molar-refractivity contribution in [2.45, 2.75) is 26.4 Å². The molecule has 1 fully saturated rings. The van der Waals surface area contributed by atoms with Gasteiger partial charge in [-0.05, 0) is 6.92 Å². The van der Waals surface area contributed by atoms with E-state index in [1.807, 2.05) is 19.1 Å². The Morgan fingerprint density at radius 3 is 2.67 bits per heavy atom. The van der Waals surface area contributed by atoms with Crippen molar-refractivity contribution in [2.24, 2.45) is 0 Å². The Labute approximate surface area is 105 Å². The Morgan fingerprint density at radius 2 is 2.13 bits per heavy atom. The van der Waals surface area contributed by atoms with Gasteiger partial charge in [0.05, 0.1) is 6.61 Å². The van der Waals surface area contributed by atoms with Gasteiger partial charge in [-0.25, -0.2) is 0 Å². The smallest absolute Gasteiger partial charge is 0.122 e. The standard InChI is InChI=1S/C12H15O2.W/c1-9-4-5-11(6-10(9)2)13-7-12(3)8-14-12;/h4,6H,7-8H2,1-3H3;/q-1;. The molecule has 2 nitrogen and oxygen atoms in total. The van der Waals surface area contributed by atoms with E-state index in [9.17, 15) is 0 Å². The number of rotatable bonds is 3. The first-order chi connectivity index (χ1) is 6.59. The molecule has 1 heterocycles. The van der Waals surface area contributed by atoms with Crippen LogP contribution in [0.25, 0.3) is 0 Å². The van der Waals surface area contributed by atoms with Crippen LogP contribution in [0.3, 0.4) is 0 Å².